The maximum atomic E-state index is 3.67. The maximum Gasteiger partial charge on any atom is 0.161 e. The summed E-state index contributed by atoms with van der Waals surface area (Å²) in [4.78, 5) is 2.27. The summed E-state index contributed by atoms with van der Waals surface area (Å²) in [6.45, 7) is 2.13. The number of anilines is 3. The van der Waals surface area contributed by atoms with Crippen LogP contribution in [0, 0.1) is 6.92 Å². The monoisotopic (exact) mass is 288 g/mol. The first-order valence-corrected chi connectivity index (χ1v) is 6.53. The van der Waals surface area contributed by atoms with E-state index in [1.54, 1.807) is 0 Å². The summed E-state index contributed by atoms with van der Waals surface area (Å²) in [6.07, 6.45) is 0. The zero-order valence-electron chi connectivity index (χ0n) is 9.52. The Morgan fingerprint density at radius 2 is 1.65 bits per heavy atom. The molecule has 0 fully saturated rings. The van der Waals surface area contributed by atoms with Crippen LogP contribution < -0.4 is 10.2 Å². The molecule has 2 aromatic rings. The van der Waals surface area contributed by atoms with Gasteiger partial charge in [-0.2, -0.15) is 0 Å². The quantitative estimate of drug-likeness (QED) is 0.624. The molecule has 1 N–H and O–H groups in total. The van der Waals surface area contributed by atoms with E-state index in [9.17, 15) is 0 Å². The fourth-order valence-electron chi connectivity index (χ4n) is 2.21. The average molecular weight is 289 g/mol. The van der Waals surface area contributed by atoms with Crippen LogP contribution in [0.4, 0.5) is 17.1 Å². The largest absolute Gasteiger partial charge is 0.354 e. The molecule has 2 aromatic carbocycles. The number of halogens is 1. The molecule has 0 amide bonds. The van der Waals surface area contributed by atoms with Gasteiger partial charge in [0.05, 0.1) is 11.4 Å². The van der Waals surface area contributed by atoms with Gasteiger partial charge in [0.1, 0.15) is 0 Å². The van der Waals surface area contributed by atoms with E-state index in [-0.39, 0.29) is 5.08 Å². The van der Waals surface area contributed by atoms with Gasteiger partial charge >= 0.3 is 0 Å². The Morgan fingerprint density at radius 1 is 1.00 bits per heavy atom. The molecule has 1 unspecified atom stereocenters. The van der Waals surface area contributed by atoms with Crippen LogP contribution in [-0.2, 0) is 0 Å². The summed E-state index contributed by atoms with van der Waals surface area (Å²) in [5.74, 6) is 0. The molecule has 0 bridgehead atoms. The summed E-state index contributed by atoms with van der Waals surface area (Å²) in [6, 6.07) is 16.8. The third-order valence-electron chi connectivity index (χ3n) is 3.04. The predicted octanol–water partition coefficient (Wildman–Crippen LogP) is 4.24. The summed E-state index contributed by atoms with van der Waals surface area (Å²) in [5.41, 5.74) is 4.88. The van der Waals surface area contributed by atoms with Crippen LogP contribution in [0.5, 0.6) is 0 Å². The highest BCUT2D eigenvalue weighted by molar-refractivity contribution is 9.09. The van der Waals surface area contributed by atoms with Gasteiger partial charge < -0.3 is 10.2 Å². The summed E-state index contributed by atoms with van der Waals surface area (Å²) in [7, 11) is 0. The second kappa shape index (κ2) is 4.08. The number of fused-ring (bicyclic) bond motifs is 1. The Labute approximate surface area is 109 Å². The molecular formula is C14H13BrN2. The Kier molecular flexibility index (Phi) is 2.56. The molecule has 0 radical (unpaired) electrons. The average Bonchev–Trinajstić information content (AvgIpc) is 2.66. The maximum absolute atomic E-state index is 3.67. The fraction of sp³-hybridized carbons (Fsp3) is 0.143. The van der Waals surface area contributed by atoms with Crippen molar-refractivity contribution in [2.45, 2.75) is 12.0 Å². The lowest BCUT2D eigenvalue weighted by Gasteiger charge is -2.24. The molecule has 0 spiro atoms. The molecule has 1 aliphatic rings. The Morgan fingerprint density at radius 3 is 2.41 bits per heavy atom. The van der Waals surface area contributed by atoms with Gasteiger partial charge in [-0.15, -0.1) is 0 Å². The molecular weight excluding hydrogens is 276 g/mol. The van der Waals surface area contributed by atoms with Crippen LogP contribution in [-0.4, -0.2) is 5.08 Å². The molecule has 3 rings (SSSR count). The predicted molar refractivity (Wildman–Crippen MR) is 76.1 cm³/mol. The molecule has 1 aliphatic heterocycles. The molecule has 86 valence electrons. The smallest absolute Gasteiger partial charge is 0.161 e. The van der Waals surface area contributed by atoms with Gasteiger partial charge in [-0.1, -0.05) is 30.3 Å². The van der Waals surface area contributed by atoms with Crippen LogP contribution >= 0.6 is 15.9 Å². The highest BCUT2D eigenvalue weighted by atomic mass is 79.9. The molecule has 0 saturated heterocycles. The molecule has 3 heteroatoms. The first-order valence-electron chi connectivity index (χ1n) is 5.62. The normalized spacial score (nSPS) is 17.8. The van der Waals surface area contributed by atoms with Crippen molar-refractivity contribution in [1.82, 2.24) is 0 Å². The van der Waals surface area contributed by atoms with Gasteiger partial charge in [0.15, 0.2) is 5.08 Å². The third kappa shape index (κ3) is 1.71. The van der Waals surface area contributed by atoms with Crippen molar-refractivity contribution in [3.05, 3.63) is 54.1 Å². The number of hydrogen-bond acceptors (Lipinski definition) is 2. The van der Waals surface area contributed by atoms with Crippen molar-refractivity contribution >= 4 is 33.0 Å². The standard InChI is InChI=1S/C14H13BrN2/c1-10-6-2-4-8-12(10)17-13-9-5-3-7-11(13)16-14(17)15/h2-9,14,16H,1H3. The number of nitrogens with zero attached hydrogens (tertiary/aromatic N) is 1. The van der Waals surface area contributed by atoms with E-state index in [1.165, 1.54) is 16.9 Å². The number of benzene rings is 2. The van der Waals surface area contributed by atoms with Crippen molar-refractivity contribution < 1.29 is 0 Å². The highest BCUT2D eigenvalue weighted by Crippen LogP contribution is 2.42. The van der Waals surface area contributed by atoms with E-state index in [0.29, 0.717) is 0 Å². The van der Waals surface area contributed by atoms with E-state index in [2.05, 4.69) is 75.5 Å². The summed E-state index contributed by atoms with van der Waals surface area (Å²) < 4.78 is 0. The number of nitrogens with one attached hydrogen (secondary N) is 1. The highest BCUT2D eigenvalue weighted by Gasteiger charge is 2.27. The molecule has 1 heterocycles. The van der Waals surface area contributed by atoms with Gasteiger partial charge in [0.25, 0.3) is 0 Å². The molecule has 0 aliphatic carbocycles. The van der Waals surface area contributed by atoms with Gasteiger partial charge in [-0.25, -0.2) is 0 Å². The Hall–Kier alpha value is -1.48. The SMILES string of the molecule is Cc1ccccc1N1c2ccccc2NC1Br. The minimum Gasteiger partial charge on any atom is -0.354 e. The van der Waals surface area contributed by atoms with Crippen LogP contribution in [0.15, 0.2) is 48.5 Å². The Bertz CT molecular complexity index is 553. The van der Waals surface area contributed by atoms with E-state index in [0.717, 1.165) is 5.69 Å². The minimum absolute atomic E-state index is 0.112. The van der Waals surface area contributed by atoms with Crippen LogP contribution in [0.1, 0.15) is 5.56 Å². The van der Waals surface area contributed by atoms with Crippen molar-refractivity contribution in [3.8, 4) is 0 Å². The zero-order valence-corrected chi connectivity index (χ0v) is 11.1. The van der Waals surface area contributed by atoms with Crippen molar-refractivity contribution in [3.63, 3.8) is 0 Å². The van der Waals surface area contributed by atoms with E-state index in [1.807, 2.05) is 6.07 Å². The third-order valence-corrected chi connectivity index (χ3v) is 3.68. The first-order chi connectivity index (χ1) is 8.27. The Balaban J connectivity index is 2.13. The lowest BCUT2D eigenvalue weighted by atomic mass is 10.1. The number of hydrogen-bond donors (Lipinski definition) is 1. The molecule has 0 aromatic heterocycles. The lowest BCUT2D eigenvalue weighted by molar-refractivity contribution is 1.04. The number of para-hydroxylation sites is 3. The van der Waals surface area contributed by atoms with Gasteiger partial charge in [0, 0.05) is 5.69 Å². The van der Waals surface area contributed by atoms with Crippen LogP contribution in [0.25, 0.3) is 0 Å². The van der Waals surface area contributed by atoms with Gasteiger partial charge in [0.2, 0.25) is 0 Å². The zero-order chi connectivity index (χ0) is 11.8. The van der Waals surface area contributed by atoms with Crippen LogP contribution in [0.3, 0.4) is 0 Å². The van der Waals surface area contributed by atoms with Crippen LogP contribution in [0.2, 0.25) is 0 Å². The fourth-order valence-corrected chi connectivity index (χ4v) is 2.89. The lowest BCUT2D eigenvalue weighted by Crippen LogP contribution is -2.25. The second-order valence-electron chi connectivity index (χ2n) is 4.15. The number of rotatable bonds is 1. The number of alkyl halides is 1. The van der Waals surface area contributed by atoms with E-state index < -0.39 is 0 Å². The van der Waals surface area contributed by atoms with Crippen molar-refractivity contribution in [2.75, 3.05) is 10.2 Å². The molecule has 1 atom stereocenters. The topological polar surface area (TPSA) is 15.3 Å². The van der Waals surface area contributed by atoms with Gasteiger partial charge in [-0.05, 0) is 46.6 Å². The van der Waals surface area contributed by atoms with Gasteiger partial charge in [-0.3, -0.25) is 0 Å². The number of aryl methyl sites for hydroxylation is 1. The summed E-state index contributed by atoms with van der Waals surface area (Å²) in [5, 5.41) is 3.53. The van der Waals surface area contributed by atoms with Crippen molar-refractivity contribution in [2.24, 2.45) is 0 Å². The minimum atomic E-state index is 0.112. The molecule has 17 heavy (non-hydrogen) atoms. The van der Waals surface area contributed by atoms with E-state index >= 15 is 0 Å². The first kappa shape index (κ1) is 10.7. The molecule has 0 saturated carbocycles. The summed E-state index contributed by atoms with van der Waals surface area (Å²) >= 11 is 3.67. The second-order valence-corrected chi connectivity index (χ2v) is 5.02. The van der Waals surface area contributed by atoms with Crippen molar-refractivity contribution in [1.29, 1.82) is 0 Å². The van der Waals surface area contributed by atoms with E-state index in [4.69, 9.17) is 0 Å². The molecule has 2 nitrogen and oxygen atoms in total.